The molecule has 718 valence electrons. The Morgan fingerprint density at radius 1 is 0.277 bits per heavy atom. The summed E-state index contributed by atoms with van der Waals surface area (Å²) in [6, 6.07) is 32.6. The van der Waals surface area contributed by atoms with Crippen LogP contribution in [0.15, 0.2) is 122 Å². The lowest BCUT2D eigenvalue weighted by molar-refractivity contribution is -0.168. The Kier molecular flexibility index (Phi) is 41.6. The number of rotatable bonds is 51. The first-order valence-corrected chi connectivity index (χ1v) is 53.6. The lowest BCUT2D eigenvalue weighted by atomic mass is 9.65. The van der Waals surface area contributed by atoms with Gasteiger partial charge in [-0.1, -0.05) is 231 Å². The first-order valence-electron chi connectivity index (χ1n) is 53.6. The molecule has 4 aromatic rings. The van der Waals surface area contributed by atoms with Gasteiger partial charge < -0.3 is 37.9 Å². The van der Waals surface area contributed by atoms with Crippen LogP contribution < -0.4 is 9.47 Å². The van der Waals surface area contributed by atoms with E-state index in [2.05, 4.69) is 89.4 Å². The molecule has 8 saturated carbocycles. The Balaban J connectivity index is 0.643. The Labute approximate surface area is 785 Å². The van der Waals surface area contributed by atoms with Crippen molar-refractivity contribution in [3.63, 3.8) is 0 Å². The molecule has 0 amide bonds. The van der Waals surface area contributed by atoms with Gasteiger partial charge in [-0.25, -0.2) is 19.2 Å². The van der Waals surface area contributed by atoms with E-state index in [0.29, 0.717) is 85.6 Å². The summed E-state index contributed by atoms with van der Waals surface area (Å²) < 4.78 is 50.2. The van der Waals surface area contributed by atoms with Gasteiger partial charge in [0.05, 0.1) is 37.6 Å². The van der Waals surface area contributed by atoms with Crippen LogP contribution in [0.4, 0.5) is 0 Å². The van der Waals surface area contributed by atoms with Crippen molar-refractivity contribution >= 4 is 35.8 Å². The number of carbonyl (C=O) groups excluding carboxylic acids is 6. The second-order valence-corrected chi connectivity index (χ2v) is 42.1. The molecule has 4 aromatic carbocycles. The van der Waals surface area contributed by atoms with Crippen molar-refractivity contribution in [1.29, 1.82) is 0 Å². The number of carbonyl (C=O) groups is 6. The van der Waals surface area contributed by atoms with Gasteiger partial charge in [0.2, 0.25) is 0 Å². The van der Waals surface area contributed by atoms with Crippen LogP contribution in [0.5, 0.6) is 11.5 Å². The van der Waals surface area contributed by atoms with Crippen LogP contribution in [0, 0.1) is 71.0 Å². The van der Waals surface area contributed by atoms with Crippen LogP contribution in [-0.4, -0.2) is 62.2 Å². The van der Waals surface area contributed by atoms with Gasteiger partial charge in [0, 0.05) is 25.0 Å². The molecule has 8 aliphatic rings. The number of benzene rings is 4. The quantitative estimate of drug-likeness (QED) is 0.0177. The molecule has 0 saturated heterocycles. The summed E-state index contributed by atoms with van der Waals surface area (Å²) >= 11 is 0. The van der Waals surface area contributed by atoms with Crippen molar-refractivity contribution in [2.24, 2.45) is 71.0 Å². The normalized spacial score (nSPS) is 28.3. The summed E-state index contributed by atoms with van der Waals surface area (Å²) in [5.74, 6) is 8.74. The minimum atomic E-state index is -0.782. The zero-order valence-corrected chi connectivity index (χ0v) is 81.3. The van der Waals surface area contributed by atoms with Crippen LogP contribution in [0.2, 0.25) is 0 Å². The highest BCUT2D eigenvalue weighted by atomic mass is 16.6. The lowest BCUT2D eigenvalue weighted by Gasteiger charge is -2.45. The van der Waals surface area contributed by atoms with Gasteiger partial charge in [0.25, 0.3) is 0 Å². The maximum Gasteiger partial charge on any atom is 0.339 e. The first kappa shape index (κ1) is 102. The molecule has 0 radical (unpaired) electrons. The lowest BCUT2D eigenvalue weighted by Crippen LogP contribution is -2.40. The molecule has 0 aliphatic heterocycles. The zero-order chi connectivity index (χ0) is 91.2. The van der Waals surface area contributed by atoms with Gasteiger partial charge in [-0.15, -0.1) is 0 Å². The van der Waals surface area contributed by atoms with Crippen molar-refractivity contribution < 1.29 is 66.7 Å². The highest BCUT2D eigenvalue weighted by Gasteiger charge is 2.49. The third kappa shape index (κ3) is 30.1. The molecule has 8 aliphatic carbocycles. The standard InChI is InChI=1S/C116H170O14/c1-7-29-87-35-43-91(44-36-87)95-67-75-113(76-68-95,101-55-59-103(60-56-101)115(79-71-97(72-80-115)93-47-39-89(31-9-3)40-48-93)129-111(121)99-51-63-105(64-52-99)123-83-25-19-21-27-85-125-107(117)11-5)127-109(119)33-23-17-15-13-14-16-18-24-34-110(120)128-114(77-69-96(70-78-114)92-45-37-88(30-8-2)38-46-92)102-57-61-104(62-58-102)116(81-73-98(74-82-116)94-49-41-90(32-10-4)42-50-94)130-112(122)100-53-65-106(66-54-100)124-84-26-20-22-28-86-126-108(118)12-6/h11-12,51-66,87-98H,5-10,13-50,67-86H2,1-4H3. The van der Waals surface area contributed by atoms with Gasteiger partial charge in [-0.05, 0) is 360 Å². The zero-order valence-electron chi connectivity index (χ0n) is 81.3. The van der Waals surface area contributed by atoms with Crippen LogP contribution in [0.1, 0.15) is 443 Å². The molecule has 0 spiro atoms. The third-order valence-corrected chi connectivity index (χ3v) is 33.6. The first-order chi connectivity index (χ1) is 63.5. The van der Waals surface area contributed by atoms with Crippen LogP contribution in [-0.2, 0) is 70.0 Å². The minimum Gasteiger partial charge on any atom is -0.494 e. The predicted molar refractivity (Wildman–Crippen MR) is 521 cm³/mol. The summed E-state index contributed by atoms with van der Waals surface area (Å²) in [7, 11) is 0. The molecule has 0 bridgehead atoms. The fourth-order valence-electron chi connectivity index (χ4n) is 25.6. The van der Waals surface area contributed by atoms with Crippen molar-refractivity contribution in [3.05, 3.63) is 156 Å². The van der Waals surface area contributed by atoms with Crippen molar-refractivity contribution in [1.82, 2.24) is 0 Å². The molecular formula is C116H170O14. The van der Waals surface area contributed by atoms with Crippen LogP contribution >= 0.6 is 0 Å². The Morgan fingerprint density at radius 3 is 0.746 bits per heavy atom. The van der Waals surface area contributed by atoms with Crippen LogP contribution in [0.3, 0.4) is 0 Å². The van der Waals surface area contributed by atoms with Gasteiger partial charge in [0.15, 0.2) is 0 Å². The second-order valence-electron chi connectivity index (χ2n) is 42.1. The van der Waals surface area contributed by atoms with Gasteiger partial charge in [-0.2, -0.15) is 0 Å². The second kappa shape index (κ2) is 53.2. The van der Waals surface area contributed by atoms with Crippen LogP contribution in [0.25, 0.3) is 0 Å². The van der Waals surface area contributed by atoms with Gasteiger partial charge in [0.1, 0.15) is 33.9 Å². The van der Waals surface area contributed by atoms with Crippen molar-refractivity contribution in [2.75, 3.05) is 26.4 Å². The molecule has 12 rings (SSSR count). The topological polar surface area (TPSA) is 176 Å². The van der Waals surface area contributed by atoms with Crippen molar-refractivity contribution in [2.45, 2.75) is 423 Å². The average molecular weight is 1790 g/mol. The molecule has 0 N–H and O–H groups in total. The highest BCUT2D eigenvalue weighted by molar-refractivity contribution is 5.90. The molecule has 130 heavy (non-hydrogen) atoms. The Hall–Kier alpha value is -7.22. The summed E-state index contributed by atoms with van der Waals surface area (Å²) in [6.07, 6.45) is 64.5. The minimum absolute atomic E-state index is 0.0981. The maximum absolute atomic E-state index is 14.6. The third-order valence-electron chi connectivity index (χ3n) is 33.6. The summed E-state index contributed by atoms with van der Waals surface area (Å²) in [6.45, 7) is 18.1. The number of unbranched alkanes of at least 4 members (excludes halogenated alkanes) is 13. The summed E-state index contributed by atoms with van der Waals surface area (Å²) in [5.41, 5.74) is 2.24. The van der Waals surface area contributed by atoms with Crippen molar-refractivity contribution in [3.8, 4) is 11.5 Å². The molecular weight excluding hydrogens is 1620 g/mol. The fourth-order valence-corrected chi connectivity index (χ4v) is 25.6. The highest BCUT2D eigenvalue weighted by Crippen LogP contribution is 2.55. The molecule has 14 nitrogen and oxygen atoms in total. The fraction of sp³-hybridized carbons (Fsp3) is 0.707. The largest absolute Gasteiger partial charge is 0.494 e. The van der Waals surface area contributed by atoms with E-state index < -0.39 is 22.4 Å². The van der Waals surface area contributed by atoms with E-state index in [4.69, 9.17) is 37.9 Å². The maximum atomic E-state index is 14.6. The monoisotopic (exact) mass is 1790 g/mol. The predicted octanol–water partition coefficient (Wildman–Crippen LogP) is 30.4. The smallest absolute Gasteiger partial charge is 0.339 e. The summed E-state index contributed by atoms with van der Waals surface area (Å²) in [5, 5.41) is 0. The van der Waals surface area contributed by atoms with Gasteiger partial charge in [-0.3, -0.25) is 9.59 Å². The average Bonchev–Trinajstić information content (AvgIpc) is 0.764. The molecule has 0 atom stereocenters. The molecule has 0 heterocycles. The SMILES string of the molecule is C=CC(=O)OCCCCCCOc1ccc(C(=O)OC2(c3ccc(C4(OC(=O)CCCCCCCCCCC(=O)OC5(c6ccc(C7(OC(=O)c8ccc(OCCCCCCOC(=O)C=C)cc8)CCC(C8CCC(CCC)CC8)CC7)cc6)CCC(C6CCC(CCC)CC6)CC5)CCC(C5CCC(CCC)CC5)CC4)cc3)CCC(C3CCC(CCC)CC3)CC2)cc1. The molecule has 8 fully saturated rings. The summed E-state index contributed by atoms with van der Waals surface area (Å²) in [4.78, 5) is 80.9. The van der Waals surface area contributed by atoms with E-state index in [1.54, 1.807) is 0 Å². The van der Waals surface area contributed by atoms with E-state index in [0.717, 1.165) is 275 Å². The molecule has 0 unspecified atom stereocenters. The number of esters is 6. The Bertz CT molecular complexity index is 3720. The number of hydrogen-bond donors (Lipinski definition) is 0. The molecule has 0 aromatic heterocycles. The number of ether oxygens (including phenoxy) is 8. The molecule has 14 heteroatoms. The van der Waals surface area contributed by atoms with E-state index in [1.165, 1.54) is 166 Å². The Morgan fingerprint density at radius 2 is 0.500 bits per heavy atom. The van der Waals surface area contributed by atoms with E-state index in [9.17, 15) is 28.8 Å². The number of hydrogen-bond acceptors (Lipinski definition) is 14. The van der Waals surface area contributed by atoms with E-state index in [1.807, 2.05) is 48.5 Å². The van der Waals surface area contributed by atoms with Gasteiger partial charge >= 0.3 is 35.8 Å². The van der Waals surface area contributed by atoms with E-state index in [-0.39, 0.29) is 35.8 Å². The van der Waals surface area contributed by atoms with E-state index >= 15 is 0 Å².